The van der Waals surface area contributed by atoms with Gasteiger partial charge in [-0.3, -0.25) is 4.79 Å². The van der Waals surface area contributed by atoms with Crippen molar-refractivity contribution in [1.82, 2.24) is 4.98 Å². The van der Waals surface area contributed by atoms with Crippen LogP contribution in [0.3, 0.4) is 0 Å². The summed E-state index contributed by atoms with van der Waals surface area (Å²) in [5, 5.41) is 12.8. The number of thioether (sulfide) groups is 1. The summed E-state index contributed by atoms with van der Waals surface area (Å²) < 4.78 is 0. The van der Waals surface area contributed by atoms with Gasteiger partial charge in [0, 0.05) is 11.4 Å². The fraction of sp³-hybridized carbons (Fsp3) is 0.136. The van der Waals surface area contributed by atoms with Gasteiger partial charge in [-0.05, 0) is 48.7 Å². The highest BCUT2D eigenvalue weighted by Crippen LogP contribution is 2.24. The number of amides is 1. The number of nitrogens with zero attached hydrogens (tertiary/aromatic N) is 2. The summed E-state index contributed by atoms with van der Waals surface area (Å²) in [5.74, 6) is 0.0719. The van der Waals surface area contributed by atoms with Gasteiger partial charge in [-0.2, -0.15) is 5.26 Å². The van der Waals surface area contributed by atoms with Gasteiger partial charge in [0.1, 0.15) is 11.1 Å². The molecular weight excluding hydrogens is 354 g/mol. The first-order chi connectivity index (χ1) is 13.1. The number of hydrogen-bond donors (Lipinski definition) is 1. The number of anilines is 1. The summed E-state index contributed by atoms with van der Waals surface area (Å²) in [4.78, 5) is 16.7. The SMILES string of the molecule is Cc1cc(C)c(C#N)c(SCC(=O)Nc2ccc(-c3ccccc3)cc2)n1. The van der Waals surface area contributed by atoms with E-state index in [9.17, 15) is 10.1 Å². The van der Waals surface area contributed by atoms with E-state index in [0.29, 0.717) is 10.6 Å². The number of nitrogens with one attached hydrogen (secondary N) is 1. The Bertz CT molecular complexity index is 993. The minimum Gasteiger partial charge on any atom is -0.325 e. The van der Waals surface area contributed by atoms with Crippen molar-refractivity contribution in [3.8, 4) is 17.2 Å². The van der Waals surface area contributed by atoms with Gasteiger partial charge in [0.15, 0.2) is 0 Å². The van der Waals surface area contributed by atoms with Crippen molar-refractivity contribution in [2.24, 2.45) is 0 Å². The van der Waals surface area contributed by atoms with Crippen LogP contribution in [0.1, 0.15) is 16.8 Å². The zero-order valence-electron chi connectivity index (χ0n) is 15.2. The number of carbonyl (C=O) groups excluding carboxylic acids is 1. The van der Waals surface area contributed by atoms with Crippen molar-refractivity contribution >= 4 is 23.4 Å². The topological polar surface area (TPSA) is 65.8 Å². The van der Waals surface area contributed by atoms with E-state index in [-0.39, 0.29) is 11.7 Å². The molecule has 0 saturated carbocycles. The second-order valence-corrected chi connectivity index (χ2v) is 7.12. The average Bonchev–Trinajstić information content (AvgIpc) is 2.67. The Labute approximate surface area is 163 Å². The standard InChI is InChI=1S/C22H19N3OS/c1-15-12-16(2)24-22(20(15)13-23)27-14-21(26)25-19-10-8-18(9-11-19)17-6-4-3-5-7-17/h3-12H,14H2,1-2H3,(H,25,26). The number of aryl methyl sites for hydroxylation is 2. The summed E-state index contributed by atoms with van der Waals surface area (Å²) in [7, 11) is 0. The Morgan fingerprint density at radius 2 is 1.74 bits per heavy atom. The van der Waals surface area contributed by atoms with Crippen molar-refractivity contribution in [3.63, 3.8) is 0 Å². The van der Waals surface area contributed by atoms with Crippen molar-refractivity contribution in [2.75, 3.05) is 11.1 Å². The summed E-state index contributed by atoms with van der Waals surface area (Å²) in [6, 6.07) is 21.9. The molecule has 0 aliphatic rings. The Hall–Kier alpha value is -3.10. The van der Waals surface area contributed by atoms with Crippen LogP contribution < -0.4 is 5.32 Å². The maximum Gasteiger partial charge on any atom is 0.234 e. The predicted octanol–water partition coefficient (Wildman–Crippen LogP) is 4.97. The molecule has 0 spiro atoms. The molecule has 0 radical (unpaired) electrons. The van der Waals surface area contributed by atoms with Crippen LogP contribution >= 0.6 is 11.8 Å². The van der Waals surface area contributed by atoms with Gasteiger partial charge in [0.05, 0.1) is 11.3 Å². The minimum atomic E-state index is -0.127. The highest BCUT2D eigenvalue weighted by atomic mass is 32.2. The molecule has 0 saturated heterocycles. The molecule has 1 amide bonds. The number of hydrogen-bond acceptors (Lipinski definition) is 4. The van der Waals surface area contributed by atoms with Crippen LogP contribution in [-0.2, 0) is 4.79 Å². The third-order valence-electron chi connectivity index (χ3n) is 4.04. The van der Waals surface area contributed by atoms with E-state index in [4.69, 9.17) is 0 Å². The molecule has 1 aromatic heterocycles. The van der Waals surface area contributed by atoms with E-state index in [1.807, 2.05) is 74.5 Å². The van der Waals surface area contributed by atoms with Crippen molar-refractivity contribution in [3.05, 3.63) is 77.5 Å². The van der Waals surface area contributed by atoms with Crippen LogP contribution in [0.2, 0.25) is 0 Å². The molecule has 0 bridgehead atoms. The number of benzene rings is 2. The fourth-order valence-corrected chi connectivity index (χ4v) is 3.65. The van der Waals surface area contributed by atoms with Gasteiger partial charge in [0.25, 0.3) is 0 Å². The monoisotopic (exact) mass is 373 g/mol. The van der Waals surface area contributed by atoms with Crippen LogP contribution in [0, 0.1) is 25.2 Å². The first-order valence-electron chi connectivity index (χ1n) is 8.53. The zero-order valence-corrected chi connectivity index (χ0v) is 16.0. The lowest BCUT2D eigenvalue weighted by Gasteiger charge is -2.09. The van der Waals surface area contributed by atoms with Gasteiger partial charge in [0.2, 0.25) is 5.91 Å². The first kappa shape index (κ1) is 18.7. The maximum atomic E-state index is 12.3. The third kappa shape index (κ3) is 4.75. The van der Waals surface area contributed by atoms with E-state index >= 15 is 0 Å². The number of nitriles is 1. The number of pyridine rings is 1. The Morgan fingerprint density at radius 1 is 1.07 bits per heavy atom. The van der Waals surface area contributed by atoms with Gasteiger partial charge < -0.3 is 5.32 Å². The van der Waals surface area contributed by atoms with Crippen molar-refractivity contribution in [1.29, 1.82) is 5.26 Å². The van der Waals surface area contributed by atoms with E-state index in [0.717, 1.165) is 28.1 Å². The Kier molecular flexibility index (Phi) is 5.90. The molecule has 4 nitrogen and oxygen atoms in total. The molecule has 2 aromatic carbocycles. The van der Waals surface area contributed by atoms with Crippen LogP contribution in [-0.4, -0.2) is 16.6 Å². The normalized spacial score (nSPS) is 10.3. The molecule has 134 valence electrons. The molecule has 0 atom stereocenters. The van der Waals surface area contributed by atoms with Crippen LogP contribution in [0.5, 0.6) is 0 Å². The second kappa shape index (κ2) is 8.52. The molecule has 3 rings (SSSR count). The molecule has 0 fully saturated rings. The molecular formula is C22H19N3OS. The van der Waals surface area contributed by atoms with Gasteiger partial charge in [-0.15, -0.1) is 0 Å². The third-order valence-corrected chi connectivity index (χ3v) is 5.01. The first-order valence-corrected chi connectivity index (χ1v) is 9.52. The summed E-state index contributed by atoms with van der Waals surface area (Å²) in [6.45, 7) is 3.76. The van der Waals surface area contributed by atoms with E-state index in [1.165, 1.54) is 11.8 Å². The molecule has 0 aliphatic carbocycles. The summed E-state index contributed by atoms with van der Waals surface area (Å²) in [6.07, 6.45) is 0. The van der Waals surface area contributed by atoms with Crippen LogP contribution in [0.15, 0.2) is 65.7 Å². The smallest absolute Gasteiger partial charge is 0.234 e. The Morgan fingerprint density at radius 3 is 2.41 bits per heavy atom. The number of aromatic nitrogens is 1. The average molecular weight is 373 g/mol. The van der Waals surface area contributed by atoms with E-state index in [1.54, 1.807) is 0 Å². The molecule has 5 heteroatoms. The number of rotatable bonds is 5. The van der Waals surface area contributed by atoms with Gasteiger partial charge in [-0.1, -0.05) is 54.2 Å². The molecule has 1 heterocycles. The summed E-state index contributed by atoms with van der Waals surface area (Å²) in [5.41, 5.74) is 5.23. The quantitative estimate of drug-likeness (QED) is 0.641. The predicted molar refractivity (Wildman–Crippen MR) is 110 cm³/mol. The van der Waals surface area contributed by atoms with E-state index in [2.05, 4.69) is 16.4 Å². The summed E-state index contributed by atoms with van der Waals surface area (Å²) >= 11 is 1.28. The van der Waals surface area contributed by atoms with Crippen molar-refractivity contribution in [2.45, 2.75) is 18.9 Å². The fourth-order valence-electron chi connectivity index (χ4n) is 2.75. The molecule has 27 heavy (non-hydrogen) atoms. The molecule has 3 aromatic rings. The molecule has 0 aliphatic heterocycles. The van der Waals surface area contributed by atoms with Gasteiger partial charge in [-0.25, -0.2) is 4.98 Å². The molecule has 1 N–H and O–H groups in total. The highest BCUT2D eigenvalue weighted by Gasteiger charge is 2.11. The Balaban J connectivity index is 1.63. The lowest BCUT2D eigenvalue weighted by atomic mass is 10.1. The lowest BCUT2D eigenvalue weighted by Crippen LogP contribution is -2.14. The van der Waals surface area contributed by atoms with Crippen LogP contribution in [0.25, 0.3) is 11.1 Å². The lowest BCUT2D eigenvalue weighted by molar-refractivity contribution is -0.113. The van der Waals surface area contributed by atoms with E-state index < -0.39 is 0 Å². The van der Waals surface area contributed by atoms with Crippen LogP contribution in [0.4, 0.5) is 5.69 Å². The van der Waals surface area contributed by atoms with Gasteiger partial charge >= 0.3 is 0 Å². The minimum absolute atomic E-state index is 0.127. The van der Waals surface area contributed by atoms with Crippen molar-refractivity contribution < 1.29 is 4.79 Å². The largest absolute Gasteiger partial charge is 0.325 e. The molecule has 0 unspecified atom stereocenters. The zero-order chi connectivity index (χ0) is 19.2. The maximum absolute atomic E-state index is 12.3. The highest BCUT2D eigenvalue weighted by molar-refractivity contribution is 8.00. The number of carbonyl (C=O) groups is 1. The second-order valence-electron chi connectivity index (χ2n) is 6.15.